The molecule has 0 aromatic carbocycles. The number of esters is 1. The van der Waals surface area contributed by atoms with E-state index < -0.39 is 0 Å². The summed E-state index contributed by atoms with van der Waals surface area (Å²) >= 11 is 0. The predicted octanol–water partition coefficient (Wildman–Crippen LogP) is 5.08. The van der Waals surface area contributed by atoms with Crippen molar-refractivity contribution in [1.82, 2.24) is 0 Å². The topological polar surface area (TPSA) is 61.8 Å². The first kappa shape index (κ1) is 22.6. The average molecular weight is 445 g/mol. The lowest BCUT2D eigenvalue weighted by atomic mass is 9.47. The minimum Gasteiger partial charge on any atom is -0.462 e. The van der Waals surface area contributed by atoms with E-state index in [9.17, 15) is 9.59 Å². The highest BCUT2D eigenvalue weighted by molar-refractivity contribution is 5.85. The molecule has 1 heterocycles. The summed E-state index contributed by atoms with van der Waals surface area (Å²) in [6.07, 6.45) is 10.3. The molecule has 1 unspecified atom stereocenters. The van der Waals surface area contributed by atoms with Crippen molar-refractivity contribution in [2.75, 3.05) is 13.2 Å². The van der Waals surface area contributed by atoms with Gasteiger partial charge in [0, 0.05) is 32.1 Å². The predicted molar refractivity (Wildman–Crippen MR) is 121 cm³/mol. The fraction of sp³-hybridized carbons (Fsp3) is 0.852. The molecule has 178 valence electrons. The van der Waals surface area contributed by atoms with E-state index in [4.69, 9.17) is 14.2 Å². The Balaban J connectivity index is 1.35. The van der Waals surface area contributed by atoms with Crippen molar-refractivity contribution in [3.05, 3.63) is 11.6 Å². The van der Waals surface area contributed by atoms with E-state index in [1.165, 1.54) is 18.9 Å². The van der Waals surface area contributed by atoms with E-state index in [2.05, 4.69) is 26.8 Å². The first-order valence-corrected chi connectivity index (χ1v) is 12.8. The van der Waals surface area contributed by atoms with Crippen molar-refractivity contribution >= 4 is 11.8 Å². The second-order valence-electron chi connectivity index (χ2n) is 11.8. The number of Topliss-reactive ketones (excluding diaryl/α,β-unsaturated/α-hetero) is 1. The molecule has 0 aromatic rings. The maximum atomic E-state index is 13.4. The Morgan fingerprint density at radius 3 is 2.62 bits per heavy atom. The van der Waals surface area contributed by atoms with Crippen LogP contribution in [-0.4, -0.2) is 37.4 Å². The van der Waals surface area contributed by atoms with Crippen molar-refractivity contribution in [2.45, 2.75) is 91.5 Å². The minimum atomic E-state index is -0.167. The second-order valence-corrected chi connectivity index (χ2v) is 11.8. The Morgan fingerprint density at radius 2 is 1.91 bits per heavy atom. The minimum absolute atomic E-state index is 0.0375. The summed E-state index contributed by atoms with van der Waals surface area (Å²) in [5.41, 5.74) is 1.79. The Morgan fingerprint density at radius 1 is 1.16 bits per heavy atom. The van der Waals surface area contributed by atoms with Gasteiger partial charge in [0.15, 0.2) is 6.29 Å². The first-order valence-electron chi connectivity index (χ1n) is 12.8. The first-order chi connectivity index (χ1) is 15.2. The van der Waals surface area contributed by atoms with Gasteiger partial charge in [0.2, 0.25) is 0 Å². The quantitative estimate of drug-likeness (QED) is 0.447. The molecule has 5 heteroatoms. The molecule has 5 nitrogen and oxygen atoms in total. The lowest BCUT2D eigenvalue weighted by molar-refractivity contribution is -0.149. The van der Waals surface area contributed by atoms with Gasteiger partial charge >= 0.3 is 5.97 Å². The van der Waals surface area contributed by atoms with Crippen molar-refractivity contribution in [1.29, 1.82) is 0 Å². The lowest BCUT2D eigenvalue weighted by Gasteiger charge is -2.58. The van der Waals surface area contributed by atoms with Gasteiger partial charge in [0.05, 0.1) is 13.2 Å². The van der Waals surface area contributed by atoms with Crippen LogP contribution in [0.3, 0.4) is 0 Å². The van der Waals surface area contributed by atoms with E-state index in [1.54, 1.807) is 0 Å². The van der Waals surface area contributed by atoms with Gasteiger partial charge in [-0.15, -0.1) is 0 Å². The molecular formula is C27H40O5. The van der Waals surface area contributed by atoms with E-state index in [0.29, 0.717) is 42.7 Å². The summed E-state index contributed by atoms with van der Waals surface area (Å²) < 4.78 is 17.0. The number of rotatable bonds is 4. The molecule has 1 saturated heterocycles. The Hall–Kier alpha value is -1.20. The molecule has 32 heavy (non-hydrogen) atoms. The lowest BCUT2D eigenvalue weighted by Crippen LogP contribution is -2.51. The SMILES string of the molecule is CC(=O)O[C@H]1CC[C@@]2(C)C(=CC[C@@H]3[C@@H]2CC[C@]2(C)C([C@H](C)CC4OCCO4)C(=O)C[C@@H]32)C1. The van der Waals surface area contributed by atoms with E-state index in [-0.39, 0.29) is 35.1 Å². The van der Waals surface area contributed by atoms with Gasteiger partial charge in [0.25, 0.3) is 0 Å². The highest BCUT2D eigenvalue weighted by atomic mass is 16.7. The zero-order chi connectivity index (χ0) is 22.7. The Bertz CT molecular complexity index is 798. The van der Waals surface area contributed by atoms with Crippen LogP contribution in [0.5, 0.6) is 0 Å². The molecule has 1 aliphatic heterocycles. The molecule has 5 aliphatic rings. The maximum absolute atomic E-state index is 13.4. The van der Waals surface area contributed by atoms with E-state index in [1.807, 2.05) is 0 Å². The van der Waals surface area contributed by atoms with Gasteiger partial charge in [-0.25, -0.2) is 0 Å². The number of carbonyl (C=O) groups excluding carboxylic acids is 2. The van der Waals surface area contributed by atoms with Crippen LogP contribution >= 0.6 is 0 Å². The number of carbonyl (C=O) groups is 2. The van der Waals surface area contributed by atoms with Crippen molar-refractivity contribution in [3.63, 3.8) is 0 Å². The summed E-state index contributed by atoms with van der Waals surface area (Å²) in [6, 6.07) is 0. The summed E-state index contributed by atoms with van der Waals surface area (Å²) in [5, 5.41) is 0. The number of ketones is 1. The van der Waals surface area contributed by atoms with Crippen molar-refractivity contribution in [2.24, 2.45) is 40.4 Å². The van der Waals surface area contributed by atoms with Crippen LogP contribution in [0.1, 0.15) is 79.1 Å². The highest BCUT2D eigenvalue weighted by Crippen LogP contribution is 2.66. The third kappa shape index (κ3) is 3.58. The summed E-state index contributed by atoms with van der Waals surface area (Å²) in [5.74, 6) is 2.43. The fourth-order valence-electron chi connectivity index (χ4n) is 8.74. The Kier molecular flexibility index (Phi) is 5.81. The van der Waals surface area contributed by atoms with Crippen molar-refractivity contribution in [3.8, 4) is 0 Å². The van der Waals surface area contributed by atoms with Gasteiger partial charge in [-0.05, 0) is 66.6 Å². The molecule has 8 atom stereocenters. The van der Waals surface area contributed by atoms with Crippen LogP contribution < -0.4 is 0 Å². The fourth-order valence-corrected chi connectivity index (χ4v) is 8.74. The van der Waals surface area contributed by atoms with Crippen LogP contribution in [0.4, 0.5) is 0 Å². The molecule has 0 bridgehead atoms. The van der Waals surface area contributed by atoms with Gasteiger partial charge in [0.1, 0.15) is 11.9 Å². The molecule has 3 saturated carbocycles. The zero-order valence-corrected chi connectivity index (χ0v) is 20.2. The molecule has 4 fully saturated rings. The molecule has 4 aliphatic carbocycles. The molecule has 5 rings (SSSR count). The maximum Gasteiger partial charge on any atom is 0.302 e. The highest BCUT2D eigenvalue weighted by Gasteiger charge is 2.62. The van der Waals surface area contributed by atoms with Crippen LogP contribution in [-0.2, 0) is 23.8 Å². The third-order valence-corrected chi connectivity index (χ3v) is 10.1. The van der Waals surface area contributed by atoms with Crippen LogP contribution in [0.25, 0.3) is 0 Å². The van der Waals surface area contributed by atoms with Gasteiger partial charge in [-0.3, -0.25) is 9.59 Å². The third-order valence-electron chi connectivity index (χ3n) is 10.1. The molecular weight excluding hydrogens is 404 g/mol. The average Bonchev–Trinajstić information content (AvgIpc) is 3.32. The Labute approximate surface area is 192 Å². The van der Waals surface area contributed by atoms with Gasteiger partial charge in [-0.1, -0.05) is 32.4 Å². The molecule has 0 aromatic heterocycles. The number of fused-ring (bicyclic) bond motifs is 5. The van der Waals surface area contributed by atoms with E-state index >= 15 is 0 Å². The number of allylic oxidation sites excluding steroid dienone is 1. The smallest absolute Gasteiger partial charge is 0.302 e. The van der Waals surface area contributed by atoms with Gasteiger partial charge in [-0.2, -0.15) is 0 Å². The van der Waals surface area contributed by atoms with Crippen molar-refractivity contribution < 1.29 is 23.8 Å². The largest absolute Gasteiger partial charge is 0.462 e. The monoisotopic (exact) mass is 444 g/mol. The molecule has 0 amide bonds. The summed E-state index contributed by atoms with van der Waals surface area (Å²) in [6.45, 7) is 9.96. The molecule has 0 spiro atoms. The van der Waals surface area contributed by atoms with Crippen LogP contribution in [0, 0.1) is 40.4 Å². The molecule has 0 N–H and O–H groups in total. The van der Waals surface area contributed by atoms with Crippen LogP contribution in [0.2, 0.25) is 0 Å². The van der Waals surface area contributed by atoms with Crippen LogP contribution in [0.15, 0.2) is 11.6 Å². The number of hydrogen-bond acceptors (Lipinski definition) is 5. The zero-order valence-electron chi connectivity index (χ0n) is 20.2. The number of hydrogen-bond donors (Lipinski definition) is 0. The van der Waals surface area contributed by atoms with Gasteiger partial charge < -0.3 is 14.2 Å². The standard InChI is InChI=1S/C27H40O5/c1-16(13-24-30-11-12-31-24)25-23(29)15-22-20-6-5-18-14-19(32-17(2)28)7-9-26(18,3)21(20)8-10-27(22,25)4/h5,16,19-22,24-25H,6-15H2,1-4H3/t16-,19+,20-,21+,22+,25?,26+,27+/m1/s1. The number of ether oxygens (including phenoxy) is 3. The summed E-state index contributed by atoms with van der Waals surface area (Å²) in [7, 11) is 0. The second kappa shape index (κ2) is 8.23. The summed E-state index contributed by atoms with van der Waals surface area (Å²) in [4.78, 5) is 24.9. The van der Waals surface area contributed by atoms with E-state index in [0.717, 1.165) is 44.9 Å². The molecule has 0 radical (unpaired) electrons. The normalized spacial score (nSPS) is 44.9.